The van der Waals surface area contributed by atoms with Gasteiger partial charge in [-0.2, -0.15) is 0 Å². The van der Waals surface area contributed by atoms with Gasteiger partial charge in [0.25, 0.3) is 0 Å². The summed E-state index contributed by atoms with van der Waals surface area (Å²) in [5.74, 6) is 1.36. The van der Waals surface area contributed by atoms with Gasteiger partial charge in [-0.25, -0.2) is 4.39 Å². The van der Waals surface area contributed by atoms with Crippen molar-refractivity contribution in [2.45, 2.75) is 25.4 Å². The number of hydrogen-bond donors (Lipinski definition) is 1. The Kier molecular flexibility index (Phi) is 5.76. The molecule has 0 bridgehead atoms. The molecule has 2 aromatic carbocycles. The third-order valence-corrected chi connectivity index (χ3v) is 4.60. The van der Waals surface area contributed by atoms with Crippen molar-refractivity contribution in [2.24, 2.45) is 0 Å². The monoisotopic (exact) mass is 344 g/mol. The minimum atomic E-state index is -0.207. The maximum Gasteiger partial charge on any atom is 0.165 e. The van der Waals surface area contributed by atoms with Crippen LogP contribution in [0.25, 0.3) is 0 Å². The highest BCUT2D eigenvalue weighted by atomic mass is 19.1. The quantitative estimate of drug-likeness (QED) is 0.861. The number of anilines is 1. The summed E-state index contributed by atoms with van der Waals surface area (Å²) in [5.41, 5.74) is 2.09. The summed E-state index contributed by atoms with van der Waals surface area (Å²) in [6, 6.07) is 12.9. The van der Waals surface area contributed by atoms with E-state index in [9.17, 15) is 4.39 Å². The van der Waals surface area contributed by atoms with Gasteiger partial charge in [-0.15, -0.1) is 0 Å². The molecule has 25 heavy (non-hydrogen) atoms. The summed E-state index contributed by atoms with van der Waals surface area (Å²) < 4.78 is 24.0. The van der Waals surface area contributed by atoms with E-state index in [-0.39, 0.29) is 5.82 Å². The maximum atomic E-state index is 13.0. The molecule has 4 nitrogen and oxygen atoms in total. The van der Waals surface area contributed by atoms with E-state index in [1.807, 2.05) is 12.1 Å². The molecule has 0 aromatic heterocycles. The van der Waals surface area contributed by atoms with Crippen molar-refractivity contribution in [1.29, 1.82) is 0 Å². The Hall–Kier alpha value is -2.27. The molecule has 0 aliphatic carbocycles. The maximum absolute atomic E-state index is 13.0. The number of nitrogens with zero attached hydrogens (tertiary/aromatic N) is 1. The number of nitrogens with one attached hydrogen (secondary N) is 1. The van der Waals surface area contributed by atoms with Gasteiger partial charge < -0.3 is 14.8 Å². The smallest absolute Gasteiger partial charge is 0.165 e. The van der Waals surface area contributed by atoms with Crippen molar-refractivity contribution >= 4 is 5.69 Å². The normalized spacial score (nSPS) is 18.0. The van der Waals surface area contributed by atoms with Gasteiger partial charge in [0.2, 0.25) is 0 Å². The molecule has 5 heteroatoms. The lowest BCUT2D eigenvalue weighted by atomic mass is 10.0. The number of rotatable bonds is 6. The van der Waals surface area contributed by atoms with Crippen LogP contribution in [-0.2, 0) is 6.54 Å². The summed E-state index contributed by atoms with van der Waals surface area (Å²) >= 11 is 0. The number of halogens is 1. The summed E-state index contributed by atoms with van der Waals surface area (Å²) in [6.07, 6.45) is 2.24. The molecule has 1 N–H and O–H groups in total. The van der Waals surface area contributed by atoms with Crippen LogP contribution in [0.5, 0.6) is 11.5 Å². The highest BCUT2D eigenvalue weighted by molar-refractivity contribution is 5.47. The third kappa shape index (κ3) is 4.42. The molecular weight excluding hydrogens is 319 g/mol. The Balaban J connectivity index is 1.65. The molecule has 0 amide bonds. The standard InChI is InChI=1S/C20H25FN2O2/c1-24-19-7-3-5-15(20(19)25-2)13-23-12-4-6-18(14-23)22-17-10-8-16(21)9-11-17/h3,5,7-11,18,22H,4,6,12-14H2,1-2H3/t18-/m1/s1. The van der Waals surface area contributed by atoms with E-state index in [4.69, 9.17) is 9.47 Å². The summed E-state index contributed by atoms with van der Waals surface area (Å²) in [6.45, 7) is 2.82. The number of likely N-dealkylation sites (tertiary alicyclic amines) is 1. The molecule has 1 aliphatic heterocycles. The molecule has 1 aliphatic rings. The van der Waals surface area contributed by atoms with Crippen LogP contribution < -0.4 is 14.8 Å². The predicted octanol–water partition coefficient (Wildman–Crippen LogP) is 3.92. The molecule has 3 rings (SSSR count). The van der Waals surface area contributed by atoms with Crippen LogP contribution in [0, 0.1) is 5.82 Å². The fourth-order valence-electron chi connectivity index (χ4n) is 3.42. The first-order valence-corrected chi connectivity index (χ1v) is 8.64. The number of benzene rings is 2. The van der Waals surface area contributed by atoms with E-state index >= 15 is 0 Å². The van der Waals surface area contributed by atoms with E-state index in [2.05, 4.69) is 16.3 Å². The van der Waals surface area contributed by atoms with Gasteiger partial charge in [0, 0.05) is 30.4 Å². The second-order valence-corrected chi connectivity index (χ2v) is 6.38. The van der Waals surface area contributed by atoms with Crippen molar-refractivity contribution in [1.82, 2.24) is 4.90 Å². The molecule has 0 spiro atoms. The largest absolute Gasteiger partial charge is 0.493 e. The number of methoxy groups -OCH3 is 2. The number of hydrogen-bond acceptors (Lipinski definition) is 4. The second kappa shape index (κ2) is 8.21. The summed E-state index contributed by atoms with van der Waals surface area (Å²) in [4.78, 5) is 2.42. The molecule has 1 heterocycles. The lowest BCUT2D eigenvalue weighted by molar-refractivity contribution is 0.205. The van der Waals surface area contributed by atoms with Crippen molar-refractivity contribution < 1.29 is 13.9 Å². The number of ether oxygens (including phenoxy) is 2. The van der Waals surface area contributed by atoms with Crippen LogP contribution in [0.2, 0.25) is 0 Å². The molecule has 0 saturated carbocycles. The van der Waals surface area contributed by atoms with Gasteiger partial charge in [-0.1, -0.05) is 12.1 Å². The van der Waals surface area contributed by atoms with Crippen molar-refractivity contribution in [2.75, 3.05) is 32.6 Å². The van der Waals surface area contributed by atoms with Crippen LogP contribution >= 0.6 is 0 Å². The first-order valence-electron chi connectivity index (χ1n) is 8.64. The van der Waals surface area contributed by atoms with Gasteiger partial charge in [0.05, 0.1) is 14.2 Å². The average Bonchev–Trinajstić information content (AvgIpc) is 2.63. The second-order valence-electron chi connectivity index (χ2n) is 6.38. The van der Waals surface area contributed by atoms with Crippen LogP contribution in [0.4, 0.5) is 10.1 Å². The van der Waals surface area contributed by atoms with Crippen molar-refractivity contribution in [3.8, 4) is 11.5 Å². The van der Waals surface area contributed by atoms with E-state index in [1.165, 1.54) is 12.1 Å². The van der Waals surface area contributed by atoms with Crippen LogP contribution in [0.15, 0.2) is 42.5 Å². The summed E-state index contributed by atoms with van der Waals surface area (Å²) in [5, 5.41) is 3.51. The van der Waals surface area contributed by atoms with Crippen LogP contribution in [-0.4, -0.2) is 38.3 Å². The molecule has 0 radical (unpaired) electrons. The fraction of sp³-hybridized carbons (Fsp3) is 0.400. The fourth-order valence-corrected chi connectivity index (χ4v) is 3.42. The van der Waals surface area contributed by atoms with Gasteiger partial charge in [0.1, 0.15) is 5.82 Å². The van der Waals surface area contributed by atoms with E-state index < -0.39 is 0 Å². The minimum Gasteiger partial charge on any atom is -0.493 e. The van der Waals surface area contributed by atoms with Crippen LogP contribution in [0.1, 0.15) is 18.4 Å². The number of para-hydroxylation sites is 1. The lowest BCUT2D eigenvalue weighted by Gasteiger charge is -2.34. The van der Waals surface area contributed by atoms with Gasteiger partial charge in [0.15, 0.2) is 11.5 Å². The van der Waals surface area contributed by atoms with Crippen molar-refractivity contribution in [3.05, 3.63) is 53.8 Å². The molecule has 1 fully saturated rings. The number of piperidine rings is 1. The molecule has 0 unspecified atom stereocenters. The first-order chi connectivity index (χ1) is 12.2. The minimum absolute atomic E-state index is 0.207. The van der Waals surface area contributed by atoms with E-state index in [0.717, 1.165) is 55.2 Å². The van der Waals surface area contributed by atoms with E-state index in [1.54, 1.807) is 26.4 Å². The third-order valence-electron chi connectivity index (χ3n) is 4.60. The Morgan fingerprint density at radius 2 is 1.92 bits per heavy atom. The molecular formula is C20H25FN2O2. The first kappa shape index (κ1) is 17.5. The topological polar surface area (TPSA) is 33.7 Å². The zero-order valence-corrected chi connectivity index (χ0v) is 14.8. The molecule has 1 atom stereocenters. The highest BCUT2D eigenvalue weighted by Crippen LogP contribution is 2.32. The zero-order chi connectivity index (χ0) is 17.6. The SMILES string of the molecule is COc1cccc(CN2CCC[C@@H](Nc3ccc(F)cc3)C2)c1OC. The molecule has 134 valence electrons. The van der Waals surface area contributed by atoms with E-state index in [0.29, 0.717) is 6.04 Å². The highest BCUT2D eigenvalue weighted by Gasteiger charge is 2.21. The van der Waals surface area contributed by atoms with Gasteiger partial charge in [-0.05, 0) is 49.7 Å². The predicted molar refractivity (Wildman–Crippen MR) is 97.9 cm³/mol. The molecule has 2 aromatic rings. The zero-order valence-electron chi connectivity index (χ0n) is 14.8. The average molecular weight is 344 g/mol. The van der Waals surface area contributed by atoms with Crippen molar-refractivity contribution in [3.63, 3.8) is 0 Å². The van der Waals surface area contributed by atoms with Gasteiger partial charge in [-0.3, -0.25) is 4.90 Å². The van der Waals surface area contributed by atoms with Gasteiger partial charge >= 0.3 is 0 Å². The summed E-state index contributed by atoms with van der Waals surface area (Å²) in [7, 11) is 3.33. The Morgan fingerprint density at radius 3 is 2.64 bits per heavy atom. The van der Waals surface area contributed by atoms with Crippen LogP contribution in [0.3, 0.4) is 0 Å². The Morgan fingerprint density at radius 1 is 1.12 bits per heavy atom. The Bertz CT molecular complexity index is 691. The lowest BCUT2D eigenvalue weighted by Crippen LogP contribution is -2.41. The Labute approximate surface area is 148 Å². The molecule has 1 saturated heterocycles.